The minimum Gasteiger partial charge on any atom is -0.465 e. The van der Waals surface area contributed by atoms with Gasteiger partial charge in [-0.15, -0.1) is 0 Å². The predicted molar refractivity (Wildman–Crippen MR) is 93.2 cm³/mol. The SMILES string of the molecule is CCCCCCCOC(=O)C(CC)C(=O)OCCCCCCC. The Morgan fingerprint density at radius 1 is 0.652 bits per heavy atom. The van der Waals surface area contributed by atoms with Crippen LogP contribution in [-0.4, -0.2) is 25.2 Å². The largest absolute Gasteiger partial charge is 0.465 e. The molecule has 0 fully saturated rings. The van der Waals surface area contributed by atoms with Gasteiger partial charge in [0.1, 0.15) is 0 Å². The number of ether oxygens (including phenoxy) is 2. The van der Waals surface area contributed by atoms with Gasteiger partial charge in [-0.05, 0) is 19.3 Å². The smallest absolute Gasteiger partial charge is 0.320 e. The average Bonchev–Trinajstić information content (AvgIpc) is 2.54. The van der Waals surface area contributed by atoms with E-state index in [0.29, 0.717) is 19.6 Å². The van der Waals surface area contributed by atoms with Crippen LogP contribution in [0.3, 0.4) is 0 Å². The van der Waals surface area contributed by atoms with Gasteiger partial charge in [0.15, 0.2) is 5.92 Å². The van der Waals surface area contributed by atoms with Gasteiger partial charge in [0.2, 0.25) is 0 Å². The van der Waals surface area contributed by atoms with Gasteiger partial charge in [0.05, 0.1) is 13.2 Å². The molecule has 0 aliphatic rings. The first-order chi connectivity index (χ1) is 11.2. The Bertz CT molecular complexity index is 274. The number of unbranched alkanes of at least 4 members (excludes halogenated alkanes) is 8. The Morgan fingerprint density at radius 3 is 1.39 bits per heavy atom. The summed E-state index contributed by atoms with van der Waals surface area (Å²) < 4.78 is 10.4. The Morgan fingerprint density at radius 2 is 1.04 bits per heavy atom. The summed E-state index contributed by atoms with van der Waals surface area (Å²) in [4.78, 5) is 23.9. The number of carbonyl (C=O) groups is 2. The lowest BCUT2D eigenvalue weighted by atomic mass is 10.1. The summed E-state index contributed by atoms with van der Waals surface area (Å²) in [6.45, 7) is 6.96. The molecule has 136 valence electrons. The first kappa shape index (κ1) is 21.9. The molecule has 0 amide bonds. The van der Waals surface area contributed by atoms with Gasteiger partial charge in [-0.1, -0.05) is 72.1 Å². The fourth-order valence-corrected chi connectivity index (χ4v) is 2.39. The summed E-state index contributed by atoms with van der Waals surface area (Å²) >= 11 is 0. The second-order valence-corrected chi connectivity index (χ2v) is 6.12. The number of hydrogen-bond acceptors (Lipinski definition) is 4. The lowest BCUT2D eigenvalue weighted by Crippen LogP contribution is -2.28. The van der Waals surface area contributed by atoms with Crippen molar-refractivity contribution in [1.29, 1.82) is 0 Å². The summed E-state index contributed by atoms with van der Waals surface area (Å²) in [7, 11) is 0. The zero-order chi connectivity index (χ0) is 17.3. The third-order valence-electron chi connectivity index (χ3n) is 3.96. The van der Waals surface area contributed by atoms with Crippen LogP contribution >= 0.6 is 0 Å². The molecule has 0 aromatic rings. The van der Waals surface area contributed by atoms with E-state index in [4.69, 9.17) is 9.47 Å². The van der Waals surface area contributed by atoms with Crippen LogP contribution in [0.25, 0.3) is 0 Å². The molecular formula is C19H36O4. The third kappa shape index (κ3) is 12.1. The van der Waals surface area contributed by atoms with Gasteiger partial charge in [0, 0.05) is 0 Å². The van der Waals surface area contributed by atoms with E-state index < -0.39 is 17.9 Å². The highest BCUT2D eigenvalue weighted by Crippen LogP contribution is 2.11. The summed E-state index contributed by atoms with van der Waals surface area (Å²) in [6.07, 6.45) is 11.5. The molecule has 0 radical (unpaired) electrons. The van der Waals surface area contributed by atoms with Crippen LogP contribution in [0, 0.1) is 5.92 Å². The molecule has 0 saturated heterocycles. The molecule has 0 N–H and O–H groups in total. The lowest BCUT2D eigenvalue weighted by molar-refractivity contribution is -0.162. The molecule has 4 nitrogen and oxygen atoms in total. The zero-order valence-electron chi connectivity index (χ0n) is 15.4. The topological polar surface area (TPSA) is 52.6 Å². The Hall–Kier alpha value is -1.06. The highest BCUT2D eigenvalue weighted by Gasteiger charge is 2.27. The highest BCUT2D eigenvalue weighted by molar-refractivity contribution is 5.94. The molecule has 0 aromatic heterocycles. The lowest BCUT2D eigenvalue weighted by Gasteiger charge is -2.13. The average molecular weight is 328 g/mol. The van der Waals surface area contributed by atoms with Crippen molar-refractivity contribution in [3.63, 3.8) is 0 Å². The van der Waals surface area contributed by atoms with E-state index in [1.165, 1.54) is 38.5 Å². The van der Waals surface area contributed by atoms with Crippen molar-refractivity contribution < 1.29 is 19.1 Å². The molecule has 0 aliphatic carbocycles. The van der Waals surface area contributed by atoms with Crippen LogP contribution in [0.2, 0.25) is 0 Å². The Labute approximate surface area is 142 Å². The highest BCUT2D eigenvalue weighted by atomic mass is 16.6. The number of carbonyl (C=O) groups excluding carboxylic acids is 2. The molecular weight excluding hydrogens is 292 g/mol. The fourth-order valence-electron chi connectivity index (χ4n) is 2.39. The van der Waals surface area contributed by atoms with E-state index in [2.05, 4.69) is 13.8 Å². The van der Waals surface area contributed by atoms with Crippen LogP contribution in [0.1, 0.15) is 91.4 Å². The van der Waals surface area contributed by atoms with Gasteiger partial charge >= 0.3 is 11.9 Å². The van der Waals surface area contributed by atoms with Gasteiger partial charge < -0.3 is 9.47 Å². The molecule has 0 heterocycles. The Kier molecular flexibility index (Phi) is 15.1. The van der Waals surface area contributed by atoms with Crippen LogP contribution in [0.15, 0.2) is 0 Å². The summed E-state index contributed by atoms with van der Waals surface area (Å²) in [5.41, 5.74) is 0. The molecule has 23 heavy (non-hydrogen) atoms. The molecule has 0 aliphatic heterocycles. The maximum atomic E-state index is 12.0. The molecule has 0 unspecified atom stereocenters. The standard InChI is InChI=1S/C19H36O4/c1-4-7-9-11-13-15-22-18(20)17(6-3)19(21)23-16-14-12-10-8-5-2/h17H,4-16H2,1-3H3. The molecule has 0 rings (SSSR count). The molecule has 0 spiro atoms. The van der Waals surface area contributed by atoms with Crippen molar-refractivity contribution in [2.24, 2.45) is 5.92 Å². The van der Waals surface area contributed by atoms with Crippen LogP contribution < -0.4 is 0 Å². The van der Waals surface area contributed by atoms with Gasteiger partial charge in [-0.3, -0.25) is 9.59 Å². The molecule has 4 heteroatoms. The van der Waals surface area contributed by atoms with Gasteiger partial charge in [0.25, 0.3) is 0 Å². The fraction of sp³-hybridized carbons (Fsp3) is 0.895. The minimum absolute atomic E-state index is 0.406. The van der Waals surface area contributed by atoms with E-state index in [1.807, 2.05) is 6.92 Å². The van der Waals surface area contributed by atoms with E-state index in [0.717, 1.165) is 25.7 Å². The molecule has 0 atom stereocenters. The summed E-state index contributed by atoms with van der Waals surface area (Å²) in [5.74, 6) is -1.63. The predicted octanol–water partition coefficient (Wildman–Crippen LogP) is 5.04. The molecule has 0 bridgehead atoms. The van der Waals surface area contributed by atoms with Crippen LogP contribution in [-0.2, 0) is 19.1 Å². The van der Waals surface area contributed by atoms with Crippen LogP contribution in [0.5, 0.6) is 0 Å². The number of hydrogen-bond donors (Lipinski definition) is 0. The van der Waals surface area contributed by atoms with Crippen LogP contribution in [0.4, 0.5) is 0 Å². The third-order valence-corrected chi connectivity index (χ3v) is 3.96. The van der Waals surface area contributed by atoms with E-state index in [9.17, 15) is 9.59 Å². The van der Waals surface area contributed by atoms with E-state index >= 15 is 0 Å². The van der Waals surface area contributed by atoms with Crippen molar-refractivity contribution in [2.75, 3.05) is 13.2 Å². The van der Waals surface area contributed by atoms with E-state index in [-0.39, 0.29) is 0 Å². The second kappa shape index (κ2) is 15.8. The van der Waals surface area contributed by atoms with Crippen molar-refractivity contribution in [3.8, 4) is 0 Å². The summed E-state index contributed by atoms with van der Waals surface area (Å²) in [6, 6.07) is 0. The summed E-state index contributed by atoms with van der Waals surface area (Å²) in [5, 5.41) is 0. The Balaban J connectivity index is 3.82. The van der Waals surface area contributed by atoms with Gasteiger partial charge in [-0.25, -0.2) is 0 Å². The molecule has 0 aromatic carbocycles. The van der Waals surface area contributed by atoms with Crippen molar-refractivity contribution in [1.82, 2.24) is 0 Å². The number of esters is 2. The van der Waals surface area contributed by atoms with E-state index in [1.54, 1.807) is 0 Å². The number of rotatable bonds is 15. The van der Waals surface area contributed by atoms with Crippen molar-refractivity contribution in [3.05, 3.63) is 0 Å². The molecule has 0 saturated carbocycles. The zero-order valence-corrected chi connectivity index (χ0v) is 15.4. The maximum absolute atomic E-state index is 12.0. The first-order valence-corrected chi connectivity index (χ1v) is 9.50. The van der Waals surface area contributed by atoms with Gasteiger partial charge in [-0.2, -0.15) is 0 Å². The first-order valence-electron chi connectivity index (χ1n) is 9.50. The quantitative estimate of drug-likeness (QED) is 0.240. The van der Waals surface area contributed by atoms with Crippen molar-refractivity contribution in [2.45, 2.75) is 91.4 Å². The minimum atomic E-state index is -0.763. The normalized spacial score (nSPS) is 10.8. The van der Waals surface area contributed by atoms with Crippen molar-refractivity contribution >= 4 is 11.9 Å². The second-order valence-electron chi connectivity index (χ2n) is 6.12. The maximum Gasteiger partial charge on any atom is 0.320 e. The monoisotopic (exact) mass is 328 g/mol.